The van der Waals surface area contributed by atoms with Gasteiger partial charge in [-0.2, -0.15) is 0 Å². The number of carbonyl (C=O) groups is 3. The maximum absolute atomic E-state index is 13.2. The molecule has 0 bridgehead atoms. The molecule has 1 amide bonds. The molecule has 0 aromatic carbocycles. The third kappa shape index (κ3) is 11.2. The van der Waals surface area contributed by atoms with E-state index in [0.29, 0.717) is 32.6 Å². The van der Waals surface area contributed by atoms with Crippen molar-refractivity contribution in [1.29, 1.82) is 0 Å². The van der Waals surface area contributed by atoms with Crippen molar-refractivity contribution in [3.05, 3.63) is 36.0 Å². The number of allylic oxidation sites excluding steroid dienone is 3. The van der Waals surface area contributed by atoms with E-state index in [-0.39, 0.29) is 55.3 Å². The lowest BCUT2D eigenvalue weighted by atomic mass is 9.88. The van der Waals surface area contributed by atoms with Crippen LogP contribution in [0, 0.1) is 17.8 Å². The molecular formula is C35H56N2O9. The number of hydrogen-bond acceptors (Lipinski definition) is 10. The number of carbonyl (C=O) groups excluding carboxylic acids is 3. The van der Waals surface area contributed by atoms with Gasteiger partial charge < -0.3 is 39.4 Å². The van der Waals surface area contributed by atoms with E-state index in [1.54, 1.807) is 17.9 Å². The van der Waals surface area contributed by atoms with Crippen molar-refractivity contribution >= 4 is 18.0 Å². The topological polar surface area (TPSA) is 147 Å². The first kappa shape index (κ1) is 37.7. The summed E-state index contributed by atoms with van der Waals surface area (Å²) in [6.07, 6.45) is 7.84. The summed E-state index contributed by atoms with van der Waals surface area (Å²) in [7, 11) is 0. The van der Waals surface area contributed by atoms with Gasteiger partial charge in [-0.25, -0.2) is 4.79 Å². The number of esters is 2. The van der Waals surface area contributed by atoms with E-state index < -0.39 is 41.9 Å². The number of nitrogens with one attached hydrogen (secondary N) is 1. The number of hydrogen-bond donors (Lipinski definition) is 3. The second-order valence-corrected chi connectivity index (χ2v) is 13.5. The summed E-state index contributed by atoms with van der Waals surface area (Å²) >= 11 is 0. The van der Waals surface area contributed by atoms with E-state index in [2.05, 4.69) is 18.3 Å². The van der Waals surface area contributed by atoms with Crippen molar-refractivity contribution < 1.29 is 43.5 Å². The molecule has 3 N–H and O–H groups in total. The van der Waals surface area contributed by atoms with Crippen LogP contribution in [0.3, 0.4) is 0 Å². The molecule has 0 saturated carbocycles. The molecule has 3 rings (SSSR count). The Labute approximate surface area is 274 Å². The second-order valence-electron chi connectivity index (χ2n) is 13.5. The van der Waals surface area contributed by atoms with Crippen molar-refractivity contribution in [2.45, 2.75) is 123 Å². The van der Waals surface area contributed by atoms with Gasteiger partial charge in [0.05, 0.1) is 30.8 Å². The van der Waals surface area contributed by atoms with Gasteiger partial charge in [0.25, 0.3) is 0 Å². The van der Waals surface area contributed by atoms with Gasteiger partial charge in [-0.1, -0.05) is 52.0 Å². The van der Waals surface area contributed by atoms with Crippen LogP contribution < -0.4 is 5.32 Å². The SMILES string of the molecule is CCC(O)C(C)[C@H]1O[C@@H]1CC(C)/C=C/C=C(\C)[C@H]1OC(=O)C[C@H](O)CC[C@@](C)(OC(C)=O)[C@@H](OC(=O)N2CCNCC2)/C=C/[C@@H]1C. The molecule has 0 aromatic heterocycles. The summed E-state index contributed by atoms with van der Waals surface area (Å²) in [4.78, 5) is 39.9. The first-order valence-corrected chi connectivity index (χ1v) is 16.8. The van der Waals surface area contributed by atoms with E-state index in [0.717, 1.165) is 12.0 Å². The number of piperazine rings is 1. The molecule has 0 radical (unpaired) electrons. The smallest absolute Gasteiger partial charge is 0.410 e. The van der Waals surface area contributed by atoms with Crippen LogP contribution in [0.15, 0.2) is 36.0 Å². The molecule has 11 heteroatoms. The minimum Gasteiger partial charge on any atom is -0.457 e. The minimum atomic E-state index is -1.27. The highest BCUT2D eigenvalue weighted by Crippen LogP contribution is 2.36. The van der Waals surface area contributed by atoms with Crippen LogP contribution in [0.25, 0.3) is 0 Å². The lowest BCUT2D eigenvalue weighted by Gasteiger charge is -2.37. The first-order valence-electron chi connectivity index (χ1n) is 16.8. The Morgan fingerprint density at radius 2 is 1.91 bits per heavy atom. The van der Waals surface area contributed by atoms with Crippen LogP contribution in [0.5, 0.6) is 0 Å². The van der Waals surface area contributed by atoms with Gasteiger partial charge in [-0.05, 0) is 57.1 Å². The van der Waals surface area contributed by atoms with Crippen LogP contribution in [0.1, 0.15) is 80.6 Å². The maximum atomic E-state index is 13.2. The Bertz CT molecular complexity index is 1120. The molecule has 46 heavy (non-hydrogen) atoms. The van der Waals surface area contributed by atoms with Gasteiger partial charge >= 0.3 is 18.0 Å². The first-order chi connectivity index (χ1) is 21.7. The summed E-state index contributed by atoms with van der Waals surface area (Å²) in [6, 6.07) is 0. The molecule has 3 heterocycles. The third-order valence-corrected chi connectivity index (χ3v) is 9.30. The molecule has 3 aliphatic heterocycles. The monoisotopic (exact) mass is 648 g/mol. The molecule has 2 saturated heterocycles. The predicted octanol–water partition coefficient (Wildman–Crippen LogP) is 4.07. The lowest BCUT2D eigenvalue weighted by molar-refractivity contribution is -0.168. The molecule has 260 valence electrons. The number of cyclic esters (lactones) is 1. The maximum Gasteiger partial charge on any atom is 0.410 e. The number of epoxide rings is 1. The third-order valence-electron chi connectivity index (χ3n) is 9.30. The lowest BCUT2D eigenvalue weighted by Crippen LogP contribution is -2.51. The van der Waals surface area contributed by atoms with Gasteiger partial charge in [-0.3, -0.25) is 9.59 Å². The van der Waals surface area contributed by atoms with Crippen molar-refractivity contribution in [3.8, 4) is 0 Å². The zero-order valence-electron chi connectivity index (χ0n) is 28.6. The van der Waals surface area contributed by atoms with Gasteiger partial charge in [0, 0.05) is 44.9 Å². The zero-order valence-corrected chi connectivity index (χ0v) is 28.6. The minimum absolute atomic E-state index is 0.0874. The molecular weight excluding hydrogens is 592 g/mol. The Balaban J connectivity index is 1.79. The van der Waals surface area contributed by atoms with Gasteiger partial charge in [0.1, 0.15) is 11.7 Å². The highest BCUT2D eigenvalue weighted by atomic mass is 16.6. The summed E-state index contributed by atoms with van der Waals surface area (Å²) in [6.45, 7) is 15.2. The fourth-order valence-electron chi connectivity index (χ4n) is 6.24. The summed E-state index contributed by atoms with van der Waals surface area (Å²) < 4.78 is 23.5. The van der Waals surface area contributed by atoms with E-state index in [9.17, 15) is 24.6 Å². The van der Waals surface area contributed by atoms with Crippen LogP contribution in [-0.2, 0) is 28.5 Å². The number of amides is 1. The Morgan fingerprint density at radius 3 is 2.57 bits per heavy atom. The molecule has 3 aliphatic rings. The molecule has 0 spiro atoms. The average Bonchev–Trinajstić information content (AvgIpc) is 3.77. The van der Waals surface area contributed by atoms with Crippen molar-refractivity contribution in [2.75, 3.05) is 26.2 Å². The highest BCUT2D eigenvalue weighted by molar-refractivity contribution is 5.71. The van der Waals surface area contributed by atoms with Crippen molar-refractivity contribution in [2.24, 2.45) is 17.8 Å². The zero-order chi connectivity index (χ0) is 34.0. The Morgan fingerprint density at radius 1 is 1.22 bits per heavy atom. The van der Waals surface area contributed by atoms with Crippen molar-refractivity contribution in [1.82, 2.24) is 10.2 Å². The van der Waals surface area contributed by atoms with E-state index in [1.807, 2.05) is 45.9 Å². The van der Waals surface area contributed by atoms with Crippen LogP contribution in [-0.4, -0.2) is 102 Å². The van der Waals surface area contributed by atoms with Gasteiger partial charge in [0.15, 0.2) is 6.10 Å². The molecule has 10 atom stereocenters. The molecule has 3 unspecified atom stereocenters. The number of aliphatic hydroxyl groups excluding tert-OH is 2. The predicted molar refractivity (Wildman–Crippen MR) is 174 cm³/mol. The van der Waals surface area contributed by atoms with Crippen LogP contribution in [0.4, 0.5) is 4.79 Å². The number of ether oxygens (including phenoxy) is 4. The number of rotatable bonds is 10. The van der Waals surface area contributed by atoms with Gasteiger partial charge in [-0.15, -0.1) is 0 Å². The van der Waals surface area contributed by atoms with E-state index in [4.69, 9.17) is 18.9 Å². The van der Waals surface area contributed by atoms with Crippen molar-refractivity contribution in [3.63, 3.8) is 0 Å². The normalized spacial score (nSPS) is 34.0. The standard InChI is InChI=1S/C35H56N2O9/c1-8-28(40)25(5)33-29(43-33)20-22(2)10-9-11-23(3)32-24(4)12-13-30(44-34(42)37-18-16-36-17-19-37)35(7,46-26(6)38)15-14-27(39)21-31(41)45-32/h9-13,22,24-25,27-30,32-33,36,39-40H,8,14-21H2,1-7H3/b10-9+,13-12+,23-11+/t22?,24-,25?,27+,28?,29+,30-,32+,33+,35+/m0/s1. The highest BCUT2D eigenvalue weighted by Gasteiger charge is 2.45. The van der Waals surface area contributed by atoms with Crippen LogP contribution >= 0.6 is 0 Å². The molecule has 2 fully saturated rings. The molecule has 11 nitrogen and oxygen atoms in total. The summed E-state index contributed by atoms with van der Waals surface area (Å²) in [5, 5.41) is 24.1. The fraction of sp³-hybridized carbons (Fsp3) is 0.743. The Hall–Kier alpha value is -2.73. The molecule has 0 aromatic rings. The van der Waals surface area contributed by atoms with Crippen LogP contribution in [0.2, 0.25) is 0 Å². The van der Waals surface area contributed by atoms with E-state index in [1.165, 1.54) is 6.92 Å². The number of aliphatic hydroxyl groups is 2. The van der Waals surface area contributed by atoms with E-state index >= 15 is 0 Å². The summed E-state index contributed by atoms with van der Waals surface area (Å²) in [5.74, 6) is -1.06. The fourth-order valence-corrected chi connectivity index (χ4v) is 6.24. The quantitative estimate of drug-likeness (QED) is 0.104. The largest absolute Gasteiger partial charge is 0.457 e. The van der Waals surface area contributed by atoms with Gasteiger partial charge in [0.2, 0.25) is 0 Å². The summed E-state index contributed by atoms with van der Waals surface area (Å²) in [5.41, 5.74) is -0.468. The molecule has 0 aliphatic carbocycles. The average molecular weight is 649 g/mol. The number of nitrogens with zero attached hydrogens (tertiary/aromatic N) is 1. The Kier molecular flexibility index (Phi) is 14.3. The second kappa shape index (κ2) is 17.4.